The molecule has 0 spiro atoms. The molecule has 0 radical (unpaired) electrons. The molecule has 3 saturated carbocycles. The lowest BCUT2D eigenvalue weighted by Gasteiger charge is -2.29. The molecule has 4 amide bonds. The van der Waals surface area contributed by atoms with Gasteiger partial charge >= 0.3 is 12.1 Å². The maximum Gasteiger partial charge on any atom is 0.315 e. The molecule has 3 aliphatic carbocycles. The molecule has 0 unspecified atom stereocenters. The van der Waals surface area contributed by atoms with E-state index in [4.69, 9.17) is 0 Å². The summed E-state index contributed by atoms with van der Waals surface area (Å²) in [7, 11) is 0. The van der Waals surface area contributed by atoms with Gasteiger partial charge in [-0.3, -0.25) is 0 Å². The Hall–Kier alpha value is -1.46. The van der Waals surface area contributed by atoms with Crippen LogP contribution < -0.4 is 21.3 Å². The molecule has 0 aliphatic heterocycles. The summed E-state index contributed by atoms with van der Waals surface area (Å²) in [4.78, 5) is 23.3. The average molecular weight is 308 g/mol. The van der Waals surface area contributed by atoms with E-state index < -0.39 is 0 Å². The van der Waals surface area contributed by atoms with Gasteiger partial charge < -0.3 is 21.3 Å². The van der Waals surface area contributed by atoms with Crippen molar-refractivity contribution in [2.75, 3.05) is 13.1 Å². The van der Waals surface area contributed by atoms with Gasteiger partial charge in [0.15, 0.2) is 0 Å². The van der Waals surface area contributed by atoms with Crippen LogP contribution in [-0.2, 0) is 0 Å². The second-order valence-corrected chi connectivity index (χ2v) is 7.16. The Morgan fingerprint density at radius 1 is 0.727 bits per heavy atom. The molecule has 0 bridgehead atoms. The minimum absolute atomic E-state index is 0.0217. The molecule has 124 valence electrons. The van der Waals surface area contributed by atoms with Crippen LogP contribution in [-0.4, -0.2) is 37.2 Å². The molecule has 0 aromatic heterocycles. The summed E-state index contributed by atoms with van der Waals surface area (Å²) in [5.74, 6) is 1.08. The number of hydrogen-bond donors (Lipinski definition) is 4. The first-order valence-corrected chi connectivity index (χ1v) is 8.78. The first-order chi connectivity index (χ1) is 10.7. The summed E-state index contributed by atoms with van der Waals surface area (Å²) in [6.07, 6.45) is 9.10. The standard InChI is InChI=1S/C16H28N4O2/c21-15(19-13-4-5-13)17-9-11-2-1-3-12(8-11)10-18-16(22)20-14-6-7-14/h11-14H,1-10H2,(H2,17,19,21)(H2,18,20,22)/t11-,12-/m0/s1. The molecular formula is C16H28N4O2. The zero-order valence-corrected chi connectivity index (χ0v) is 13.2. The molecule has 3 rings (SSSR count). The monoisotopic (exact) mass is 308 g/mol. The molecule has 4 N–H and O–H groups in total. The van der Waals surface area contributed by atoms with E-state index in [0.29, 0.717) is 23.9 Å². The number of carbonyl (C=O) groups excluding carboxylic acids is 2. The first kappa shape index (κ1) is 15.4. The van der Waals surface area contributed by atoms with Gasteiger partial charge in [-0.05, 0) is 56.8 Å². The van der Waals surface area contributed by atoms with Crippen molar-refractivity contribution in [1.82, 2.24) is 21.3 Å². The second-order valence-electron chi connectivity index (χ2n) is 7.16. The van der Waals surface area contributed by atoms with Gasteiger partial charge in [0.1, 0.15) is 0 Å². The van der Waals surface area contributed by atoms with Crippen molar-refractivity contribution in [3.8, 4) is 0 Å². The highest BCUT2D eigenvalue weighted by atomic mass is 16.2. The number of nitrogens with one attached hydrogen (secondary N) is 4. The lowest BCUT2D eigenvalue weighted by Crippen LogP contribution is -2.42. The fourth-order valence-electron chi connectivity index (χ4n) is 3.18. The summed E-state index contributed by atoms with van der Waals surface area (Å²) >= 11 is 0. The van der Waals surface area contributed by atoms with Crippen LogP contribution in [0.15, 0.2) is 0 Å². The third-order valence-electron chi connectivity index (χ3n) is 4.82. The lowest BCUT2D eigenvalue weighted by atomic mass is 9.81. The molecular weight excluding hydrogens is 280 g/mol. The maximum absolute atomic E-state index is 11.7. The number of rotatable bonds is 6. The highest BCUT2D eigenvalue weighted by Crippen LogP contribution is 2.28. The molecule has 3 fully saturated rings. The quantitative estimate of drug-likeness (QED) is 0.602. The fraction of sp³-hybridized carbons (Fsp3) is 0.875. The van der Waals surface area contributed by atoms with E-state index in [1.54, 1.807) is 0 Å². The van der Waals surface area contributed by atoms with Crippen molar-refractivity contribution < 1.29 is 9.59 Å². The lowest BCUT2D eigenvalue weighted by molar-refractivity contribution is 0.221. The van der Waals surface area contributed by atoms with Crippen LogP contribution in [0.5, 0.6) is 0 Å². The highest BCUT2D eigenvalue weighted by molar-refractivity contribution is 5.74. The Morgan fingerprint density at radius 3 is 1.59 bits per heavy atom. The van der Waals surface area contributed by atoms with Gasteiger partial charge in [0.05, 0.1) is 0 Å². The van der Waals surface area contributed by atoms with Gasteiger partial charge in [-0.1, -0.05) is 6.42 Å². The third kappa shape index (κ3) is 5.39. The van der Waals surface area contributed by atoms with Gasteiger partial charge in [0.2, 0.25) is 0 Å². The summed E-state index contributed by atoms with van der Waals surface area (Å²) < 4.78 is 0. The van der Waals surface area contributed by atoms with Crippen LogP contribution in [0.1, 0.15) is 51.4 Å². The van der Waals surface area contributed by atoms with Gasteiger partial charge in [-0.15, -0.1) is 0 Å². The Bertz CT molecular complexity index is 371. The second kappa shape index (κ2) is 7.20. The smallest absolute Gasteiger partial charge is 0.315 e. The van der Waals surface area contributed by atoms with Crippen LogP contribution >= 0.6 is 0 Å². The SMILES string of the molecule is O=C(NC[C@H]1CCC[C@H](CNC(=O)NC2CC2)C1)NC1CC1. The minimum atomic E-state index is -0.0217. The van der Waals surface area contributed by atoms with Crippen molar-refractivity contribution in [2.24, 2.45) is 11.8 Å². The number of urea groups is 2. The molecule has 2 atom stereocenters. The molecule has 22 heavy (non-hydrogen) atoms. The molecule has 3 aliphatic rings. The maximum atomic E-state index is 11.7. The molecule has 0 saturated heterocycles. The molecule has 0 heterocycles. The molecule has 6 nitrogen and oxygen atoms in total. The van der Waals surface area contributed by atoms with Crippen molar-refractivity contribution >= 4 is 12.1 Å². The van der Waals surface area contributed by atoms with Gasteiger partial charge in [-0.2, -0.15) is 0 Å². The zero-order chi connectivity index (χ0) is 15.4. The Kier molecular flexibility index (Phi) is 5.05. The van der Waals surface area contributed by atoms with Crippen LogP contribution in [0.25, 0.3) is 0 Å². The molecule has 0 aromatic rings. The van der Waals surface area contributed by atoms with Crippen LogP contribution in [0.4, 0.5) is 9.59 Å². The van der Waals surface area contributed by atoms with E-state index in [1.807, 2.05) is 0 Å². The third-order valence-corrected chi connectivity index (χ3v) is 4.82. The summed E-state index contributed by atoms with van der Waals surface area (Å²) in [5.41, 5.74) is 0. The topological polar surface area (TPSA) is 82.3 Å². The predicted octanol–water partition coefficient (Wildman–Crippen LogP) is 1.72. The predicted molar refractivity (Wildman–Crippen MR) is 84.6 cm³/mol. The normalized spacial score (nSPS) is 27.8. The van der Waals surface area contributed by atoms with Gasteiger partial charge in [0, 0.05) is 25.2 Å². The summed E-state index contributed by atoms with van der Waals surface area (Å²) in [6, 6.07) is 0.777. The summed E-state index contributed by atoms with van der Waals surface area (Å²) in [5, 5.41) is 11.9. The minimum Gasteiger partial charge on any atom is -0.338 e. The van der Waals surface area contributed by atoms with Crippen molar-refractivity contribution in [3.63, 3.8) is 0 Å². The Morgan fingerprint density at radius 2 is 1.18 bits per heavy atom. The van der Waals surface area contributed by atoms with E-state index in [2.05, 4.69) is 21.3 Å². The largest absolute Gasteiger partial charge is 0.338 e. The van der Waals surface area contributed by atoms with E-state index in [1.165, 1.54) is 19.3 Å². The molecule has 0 aromatic carbocycles. The zero-order valence-electron chi connectivity index (χ0n) is 13.2. The van der Waals surface area contributed by atoms with Crippen LogP contribution in [0, 0.1) is 11.8 Å². The van der Waals surface area contributed by atoms with Crippen molar-refractivity contribution in [2.45, 2.75) is 63.5 Å². The Balaban J connectivity index is 1.29. The van der Waals surface area contributed by atoms with Crippen LogP contribution in [0.2, 0.25) is 0 Å². The number of carbonyl (C=O) groups is 2. The molecule has 6 heteroatoms. The van der Waals surface area contributed by atoms with Gasteiger partial charge in [-0.25, -0.2) is 9.59 Å². The van der Waals surface area contributed by atoms with Gasteiger partial charge in [0.25, 0.3) is 0 Å². The van der Waals surface area contributed by atoms with E-state index in [9.17, 15) is 9.59 Å². The highest BCUT2D eigenvalue weighted by Gasteiger charge is 2.26. The Labute approximate surface area is 132 Å². The number of amides is 4. The van der Waals surface area contributed by atoms with Crippen molar-refractivity contribution in [3.05, 3.63) is 0 Å². The number of hydrogen-bond acceptors (Lipinski definition) is 2. The van der Waals surface area contributed by atoms with Crippen molar-refractivity contribution in [1.29, 1.82) is 0 Å². The van der Waals surface area contributed by atoms with E-state index in [0.717, 1.165) is 45.2 Å². The van der Waals surface area contributed by atoms with Crippen LogP contribution in [0.3, 0.4) is 0 Å². The summed E-state index contributed by atoms with van der Waals surface area (Å²) in [6.45, 7) is 1.51. The fourth-order valence-corrected chi connectivity index (χ4v) is 3.18. The van der Waals surface area contributed by atoms with E-state index in [-0.39, 0.29) is 12.1 Å². The van der Waals surface area contributed by atoms with E-state index >= 15 is 0 Å². The average Bonchev–Trinajstić information content (AvgIpc) is 3.40. The first-order valence-electron chi connectivity index (χ1n) is 8.78.